The molecule has 0 radical (unpaired) electrons. The first kappa shape index (κ1) is 20.0. The Hall–Kier alpha value is -2.08. The van der Waals surface area contributed by atoms with Crippen molar-refractivity contribution in [1.29, 1.82) is 0 Å². The monoisotopic (exact) mass is 335 g/mol. The molecule has 6 heteroatoms. The summed E-state index contributed by atoms with van der Waals surface area (Å²) in [6.07, 6.45) is 2.15. The number of hydrogen-bond donors (Lipinski definition) is 3. The molecule has 0 fully saturated rings. The average molecular weight is 335 g/mol. The van der Waals surface area contributed by atoms with Gasteiger partial charge in [0.2, 0.25) is 0 Å². The van der Waals surface area contributed by atoms with Gasteiger partial charge < -0.3 is 20.5 Å². The number of guanidine groups is 1. The molecule has 0 amide bonds. The van der Waals surface area contributed by atoms with E-state index in [-0.39, 0.29) is 5.97 Å². The van der Waals surface area contributed by atoms with E-state index in [0.717, 1.165) is 30.9 Å². The molecular weight excluding hydrogens is 306 g/mol. The third-order valence-corrected chi connectivity index (χ3v) is 3.53. The van der Waals surface area contributed by atoms with Crippen molar-refractivity contribution in [3.05, 3.63) is 35.9 Å². The lowest BCUT2D eigenvalue weighted by Gasteiger charge is -2.14. The highest BCUT2D eigenvalue weighted by molar-refractivity contribution is 5.79. The van der Waals surface area contributed by atoms with Gasteiger partial charge in [0.1, 0.15) is 0 Å². The number of aliphatic hydroxyl groups is 1. The van der Waals surface area contributed by atoms with Crippen LogP contribution in [0.1, 0.15) is 44.3 Å². The van der Waals surface area contributed by atoms with Gasteiger partial charge in [-0.05, 0) is 31.7 Å². The van der Waals surface area contributed by atoms with Crippen LogP contribution in [0.5, 0.6) is 0 Å². The number of aliphatic hydroxyl groups excluding tert-OH is 1. The van der Waals surface area contributed by atoms with E-state index in [1.54, 1.807) is 0 Å². The van der Waals surface area contributed by atoms with Gasteiger partial charge in [-0.25, -0.2) is 0 Å². The molecule has 1 aromatic carbocycles. The highest BCUT2D eigenvalue weighted by atomic mass is 16.5. The van der Waals surface area contributed by atoms with Gasteiger partial charge in [-0.2, -0.15) is 0 Å². The molecular formula is C18H29N3O3. The number of benzene rings is 1. The molecule has 134 valence electrons. The van der Waals surface area contributed by atoms with Crippen LogP contribution in [0.2, 0.25) is 0 Å². The van der Waals surface area contributed by atoms with E-state index in [0.29, 0.717) is 25.9 Å². The number of carbonyl (C=O) groups excluding carboxylic acids is 1. The number of nitrogens with one attached hydrogen (secondary N) is 2. The van der Waals surface area contributed by atoms with Gasteiger partial charge in [-0.3, -0.25) is 9.79 Å². The third-order valence-electron chi connectivity index (χ3n) is 3.53. The fourth-order valence-corrected chi connectivity index (χ4v) is 2.18. The van der Waals surface area contributed by atoms with Crippen LogP contribution in [0.15, 0.2) is 35.3 Å². The van der Waals surface area contributed by atoms with Gasteiger partial charge in [0.05, 0.1) is 13.2 Å². The molecule has 0 aliphatic rings. The standard InChI is InChI=1S/C18H29N3O3/c1-3-19-18(20-13-8-7-11-17(23)24-2)21-14-12-16(22)15-9-5-4-6-10-15/h4-6,9-10,16,22H,3,7-8,11-14H2,1-2H3,(H2,19,20,21). The Bertz CT molecular complexity index is 492. The zero-order chi connectivity index (χ0) is 17.6. The molecule has 0 saturated heterocycles. The topological polar surface area (TPSA) is 83.0 Å². The summed E-state index contributed by atoms with van der Waals surface area (Å²) in [6.45, 7) is 4.06. The average Bonchev–Trinajstić information content (AvgIpc) is 2.61. The number of carbonyl (C=O) groups is 1. The number of esters is 1. The zero-order valence-corrected chi connectivity index (χ0v) is 14.6. The molecule has 1 rings (SSSR count). The van der Waals surface area contributed by atoms with E-state index in [1.165, 1.54) is 7.11 Å². The number of methoxy groups -OCH3 is 1. The summed E-state index contributed by atoms with van der Waals surface area (Å²) >= 11 is 0. The molecule has 0 heterocycles. The number of nitrogens with zero attached hydrogens (tertiary/aromatic N) is 1. The van der Waals surface area contributed by atoms with Crippen molar-refractivity contribution >= 4 is 11.9 Å². The predicted octanol–water partition coefficient (Wildman–Crippen LogP) is 2.01. The summed E-state index contributed by atoms with van der Waals surface area (Å²) in [5.41, 5.74) is 0.920. The first-order valence-electron chi connectivity index (χ1n) is 8.49. The first-order chi connectivity index (χ1) is 11.7. The lowest BCUT2D eigenvalue weighted by molar-refractivity contribution is -0.140. The largest absolute Gasteiger partial charge is 0.469 e. The maximum atomic E-state index is 11.0. The number of unbranched alkanes of at least 4 members (excludes halogenated alkanes) is 1. The third kappa shape index (κ3) is 8.53. The van der Waals surface area contributed by atoms with Gasteiger partial charge in [0.25, 0.3) is 0 Å². The predicted molar refractivity (Wildman–Crippen MR) is 95.9 cm³/mol. The molecule has 1 aromatic rings. The van der Waals surface area contributed by atoms with Crippen LogP contribution in [-0.4, -0.2) is 43.8 Å². The highest BCUT2D eigenvalue weighted by Crippen LogP contribution is 2.14. The Labute approximate surface area is 144 Å². The lowest BCUT2D eigenvalue weighted by atomic mass is 10.1. The maximum Gasteiger partial charge on any atom is 0.305 e. The fraction of sp³-hybridized carbons (Fsp3) is 0.556. The second kappa shape index (κ2) is 12.4. The Morgan fingerprint density at radius 2 is 2.00 bits per heavy atom. The van der Waals surface area contributed by atoms with Crippen molar-refractivity contribution in [3.8, 4) is 0 Å². The Morgan fingerprint density at radius 1 is 1.25 bits per heavy atom. The summed E-state index contributed by atoms with van der Waals surface area (Å²) in [6, 6.07) is 9.62. The van der Waals surface area contributed by atoms with Crippen LogP contribution in [0.3, 0.4) is 0 Å². The molecule has 24 heavy (non-hydrogen) atoms. The van der Waals surface area contributed by atoms with E-state index in [9.17, 15) is 9.90 Å². The molecule has 0 aromatic heterocycles. The lowest BCUT2D eigenvalue weighted by Crippen LogP contribution is -2.38. The van der Waals surface area contributed by atoms with Gasteiger partial charge in [-0.15, -0.1) is 0 Å². The number of hydrogen-bond acceptors (Lipinski definition) is 4. The molecule has 0 aliphatic carbocycles. The van der Waals surface area contributed by atoms with Gasteiger partial charge in [0.15, 0.2) is 5.96 Å². The van der Waals surface area contributed by atoms with Crippen molar-refractivity contribution in [2.45, 2.75) is 38.7 Å². The number of aliphatic imine (C=N–C) groups is 1. The second-order valence-corrected chi connectivity index (χ2v) is 5.44. The quantitative estimate of drug-likeness (QED) is 0.264. The van der Waals surface area contributed by atoms with Crippen LogP contribution < -0.4 is 10.6 Å². The molecule has 6 nitrogen and oxygen atoms in total. The molecule has 1 atom stereocenters. The minimum absolute atomic E-state index is 0.182. The van der Waals surface area contributed by atoms with E-state index >= 15 is 0 Å². The van der Waals surface area contributed by atoms with Crippen LogP contribution in [0, 0.1) is 0 Å². The first-order valence-corrected chi connectivity index (χ1v) is 8.49. The highest BCUT2D eigenvalue weighted by Gasteiger charge is 2.07. The second-order valence-electron chi connectivity index (χ2n) is 5.44. The van der Waals surface area contributed by atoms with Crippen molar-refractivity contribution in [2.24, 2.45) is 4.99 Å². The normalized spacial score (nSPS) is 12.5. The van der Waals surface area contributed by atoms with Crippen molar-refractivity contribution in [2.75, 3.05) is 26.7 Å². The summed E-state index contributed by atoms with van der Waals surface area (Å²) in [5.74, 6) is 0.551. The molecule has 1 unspecified atom stereocenters. The molecule has 0 bridgehead atoms. The number of ether oxygens (including phenoxy) is 1. The smallest absolute Gasteiger partial charge is 0.305 e. The van der Waals surface area contributed by atoms with Crippen molar-refractivity contribution < 1.29 is 14.6 Å². The van der Waals surface area contributed by atoms with Crippen molar-refractivity contribution in [1.82, 2.24) is 10.6 Å². The van der Waals surface area contributed by atoms with Crippen LogP contribution in [0.25, 0.3) is 0 Å². The Morgan fingerprint density at radius 3 is 2.67 bits per heavy atom. The summed E-state index contributed by atoms with van der Waals surface area (Å²) < 4.78 is 4.61. The number of rotatable bonds is 10. The van der Waals surface area contributed by atoms with E-state index in [1.807, 2.05) is 37.3 Å². The van der Waals surface area contributed by atoms with E-state index in [2.05, 4.69) is 20.4 Å². The molecule has 0 saturated carbocycles. The van der Waals surface area contributed by atoms with E-state index < -0.39 is 6.10 Å². The minimum atomic E-state index is -0.485. The molecule has 0 aliphatic heterocycles. The SMILES string of the molecule is CCNC(=NCCCCC(=O)OC)NCCC(O)c1ccccc1. The molecule has 3 N–H and O–H groups in total. The summed E-state index contributed by atoms with van der Waals surface area (Å²) in [7, 11) is 1.40. The van der Waals surface area contributed by atoms with Gasteiger partial charge in [0, 0.05) is 26.1 Å². The Balaban J connectivity index is 2.29. The summed E-state index contributed by atoms with van der Waals surface area (Å²) in [5, 5.41) is 16.5. The maximum absolute atomic E-state index is 11.0. The fourth-order valence-electron chi connectivity index (χ4n) is 2.18. The van der Waals surface area contributed by atoms with Crippen LogP contribution >= 0.6 is 0 Å². The van der Waals surface area contributed by atoms with Gasteiger partial charge in [-0.1, -0.05) is 30.3 Å². The van der Waals surface area contributed by atoms with Crippen LogP contribution in [0.4, 0.5) is 0 Å². The minimum Gasteiger partial charge on any atom is -0.469 e. The van der Waals surface area contributed by atoms with Crippen molar-refractivity contribution in [3.63, 3.8) is 0 Å². The Kier molecular flexibility index (Phi) is 10.3. The van der Waals surface area contributed by atoms with Gasteiger partial charge >= 0.3 is 5.97 Å². The summed E-state index contributed by atoms with van der Waals surface area (Å²) in [4.78, 5) is 15.5. The van der Waals surface area contributed by atoms with Crippen LogP contribution in [-0.2, 0) is 9.53 Å². The molecule has 0 spiro atoms. The zero-order valence-electron chi connectivity index (χ0n) is 14.6. The van der Waals surface area contributed by atoms with E-state index in [4.69, 9.17) is 0 Å².